The Kier molecular flexibility index (Phi) is 5.61. The van der Waals surface area contributed by atoms with Crippen molar-refractivity contribution in [1.82, 2.24) is 15.1 Å². The molecule has 2 atom stereocenters. The molecule has 1 aliphatic carbocycles. The average molecular weight is 279 g/mol. The average Bonchev–Trinajstić information content (AvgIpc) is 2.75. The maximum atomic E-state index is 5.55. The standard InChI is InChI=1S/C16H29N3O/c1-5-9-17-11-16-12(2)18-19(13(16)3)14-7-6-8-15(10-14)20-4/h14-15,17H,5-11H2,1-4H3. The molecule has 0 spiro atoms. The van der Waals surface area contributed by atoms with Gasteiger partial charge in [0.05, 0.1) is 17.8 Å². The lowest BCUT2D eigenvalue weighted by Crippen LogP contribution is -2.25. The summed E-state index contributed by atoms with van der Waals surface area (Å²) in [7, 11) is 1.83. The molecule has 114 valence electrons. The van der Waals surface area contributed by atoms with Gasteiger partial charge in [-0.05, 0) is 52.5 Å². The molecule has 4 heteroatoms. The molecule has 0 radical (unpaired) electrons. The fraction of sp³-hybridized carbons (Fsp3) is 0.812. The predicted molar refractivity (Wildman–Crippen MR) is 82.0 cm³/mol. The molecular weight excluding hydrogens is 250 g/mol. The summed E-state index contributed by atoms with van der Waals surface area (Å²) >= 11 is 0. The summed E-state index contributed by atoms with van der Waals surface area (Å²) in [5.41, 5.74) is 3.87. The zero-order valence-electron chi connectivity index (χ0n) is 13.4. The number of hydrogen-bond donors (Lipinski definition) is 1. The van der Waals surface area contributed by atoms with Crippen LogP contribution in [0.1, 0.15) is 62.0 Å². The van der Waals surface area contributed by atoms with Crippen molar-refractivity contribution >= 4 is 0 Å². The third-order valence-corrected chi connectivity index (χ3v) is 4.48. The van der Waals surface area contributed by atoms with Gasteiger partial charge in [-0.2, -0.15) is 5.10 Å². The first-order valence-corrected chi connectivity index (χ1v) is 7.95. The SMILES string of the molecule is CCCNCc1c(C)nn(C2CCCC(OC)C2)c1C. The van der Waals surface area contributed by atoms with E-state index >= 15 is 0 Å². The van der Waals surface area contributed by atoms with E-state index in [0.717, 1.165) is 19.5 Å². The van der Waals surface area contributed by atoms with Crippen LogP contribution >= 0.6 is 0 Å². The van der Waals surface area contributed by atoms with Crippen LogP contribution in [0.3, 0.4) is 0 Å². The van der Waals surface area contributed by atoms with Crippen LogP contribution in [0.4, 0.5) is 0 Å². The zero-order chi connectivity index (χ0) is 14.5. The van der Waals surface area contributed by atoms with Gasteiger partial charge < -0.3 is 10.1 Å². The fourth-order valence-corrected chi connectivity index (χ4v) is 3.26. The predicted octanol–water partition coefficient (Wildman–Crippen LogP) is 3.13. The maximum Gasteiger partial charge on any atom is 0.0641 e. The summed E-state index contributed by atoms with van der Waals surface area (Å²) in [6.07, 6.45) is 6.33. The molecule has 1 fully saturated rings. The van der Waals surface area contributed by atoms with Gasteiger partial charge in [-0.15, -0.1) is 0 Å². The number of ether oxygens (including phenoxy) is 1. The van der Waals surface area contributed by atoms with Crippen LogP contribution in [-0.2, 0) is 11.3 Å². The molecule has 2 unspecified atom stereocenters. The summed E-state index contributed by atoms with van der Waals surface area (Å²) < 4.78 is 7.80. The van der Waals surface area contributed by atoms with Crippen molar-refractivity contribution in [1.29, 1.82) is 0 Å². The Hall–Kier alpha value is -0.870. The lowest BCUT2D eigenvalue weighted by molar-refractivity contribution is 0.0503. The molecule has 1 heterocycles. The summed E-state index contributed by atoms with van der Waals surface area (Å²) in [5.74, 6) is 0. The van der Waals surface area contributed by atoms with Crippen molar-refractivity contribution in [2.24, 2.45) is 0 Å². The van der Waals surface area contributed by atoms with Crippen LogP contribution in [0, 0.1) is 13.8 Å². The maximum absolute atomic E-state index is 5.55. The minimum absolute atomic E-state index is 0.402. The highest BCUT2D eigenvalue weighted by atomic mass is 16.5. The van der Waals surface area contributed by atoms with Gasteiger partial charge in [0.15, 0.2) is 0 Å². The van der Waals surface area contributed by atoms with Gasteiger partial charge in [0.25, 0.3) is 0 Å². The van der Waals surface area contributed by atoms with Gasteiger partial charge >= 0.3 is 0 Å². The van der Waals surface area contributed by atoms with Gasteiger partial charge in [0, 0.05) is 24.9 Å². The molecule has 0 aromatic carbocycles. The van der Waals surface area contributed by atoms with E-state index in [1.807, 2.05) is 7.11 Å². The molecule has 0 amide bonds. The smallest absolute Gasteiger partial charge is 0.0641 e. The van der Waals surface area contributed by atoms with Crippen LogP contribution in [0.25, 0.3) is 0 Å². The highest BCUT2D eigenvalue weighted by molar-refractivity contribution is 5.25. The molecule has 1 aliphatic rings. The Balaban J connectivity index is 2.10. The first kappa shape index (κ1) is 15.5. The number of rotatable bonds is 6. The highest BCUT2D eigenvalue weighted by Crippen LogP contribution is 2.31. The molecule has 1 saturated carbocycles. The lowest BCUT2D eigenvalue weighted by Gasteiger charge is -2.29. The van der Waals surface area contributed by atoms with Crippen LogP contribution in [-0.4, -0.2) is 29.5 Å². The third kappa shape index (κ3) is 3.41. The Morgan fingerprint density at radius 1 is 1.35 bits per heavy atom. The minimum atomic E-state index is 0.402. The summed E-state index contributed by atoms with van der Waals surface area (Å²) in [5, 5.41) is 8.29. The van der Waals surface area contributed by atoms with Crippen molar-refractivity contribution in [2.75, 3.05) is 13.7 Å². The molecular formula is C16H29N3O. The van der Waals surface area contributed by atoms with Crippen molar-refractivity contribution in [3.8, 4) is 0 Å². The van der Waals surface area contributed by atoms with Crippen LogP contribution in [0.2, 0.25) is 0 Å². The van der Waals surface area contributed by atoms with E-state index in [9.17, 15) is 0 Å². The number of aryl methyl sites for hydroxylation is 1. The molecule has 0 bridgehead atoms. The second-order valence-corrected chi connectivity index (χ2v) is 5.95. The summed E-state index contributed by atoms with van der Waals surface area (Å²) in [6, 6.07) is 0.507. The van der Waals surface area contributed by atoms with Crippen molar-refractivity contribution in [2.45, 2.75) is 71.6 Å². The molecule has 1 aromatic heterocycles. The summed E-state index contributed by atoms with van der Waals surface area (Å²) in [4.78, 5) is 0. The van der Waals surface area contributed by atoms with E-state index in [1.54, 1.807) is 0 Å². The van der Waals surface area contributed by atoms with Crippen LogP contribution < -0.4 is 5.32 Å². The van der Waals surface area contributed by atoms with E-state index in [4.69, 9.17) is 9.84 Å². The fourth-order valence-electron chi connectivity index (χ4n) is 3.26. The molecule has 0 saturated heterocycles. The number of nitrogens with one attached hydrogen (secondary N) is 1. The van der Waals surface area contributed by atoms with E-state index in [-0.39, 0.29) is 0 Å². The monoisotopic (exact) mass is 279 g/mol. The van der Waals surface area contributed by atoms with E-state index < -0.39 is 0 Å². The molecule has 1 N–H and O–H groups in total. The third-order valence-electron chi connectivity index (χ3n) is 4.48. The number of hydrogen-bond acceptors (Lipinski definition) is 3. The van der Waals surface area contributed by atoms with Gasteiger partial charge in [-0.3, -0.25) is 4.68 Å². The summed E-state index contributed by atoms with van der Waals surface area (Å²) in [6.45, 7) is 8.54. The van der Waals surface area contributed by atoms with Gasteiger partial charge in [0.2, 0.25) is 0 Å². The van der Waals surface area contributed by atoms with Crippen LogP contribution in [0.15, 0.2) is 0 Å². The Morgan fingerprint density at radius 2 is 2.15 bits per heavy atom. The van der Waals surface area contributed by atoms with Crippen LogP contribution in [0.5, 0.6) is 0 Å². The topological polar surface area (TPSA) is 39.1 Å². The second-order valence-electron chi connectivity index (χ2n) is 5.95. The quantitative estimate of drug-likeness (QED) is 0.813. The highest BCUT2D eigenvalue weighted by Gasteiger charge is 2.25. The van der Waals surface area contributed by atoms with Crippen molar-refractivity contribution in [3.63, 3.8) is 0 Å². The second kappa shape index (κ2) is 7.23. The lowest BCUT2D eigenvalue weighted by atomic mass is 9.93. The number of aromatic nitrogens is 2. The minimum Gasteiger partial charge on any atom is -0.381 e. The number of nitrogens with zero attached hydrogens (tertiary/aromatic N) is 2. The molecule has 0 aliphatic heterocycles. The largest absolute Gasteiger partial charge is 0.381 e. The first-order chi connectivity index (χ1) is 9.67. The van der Waals surface area contributed by atoms with E-state index in [1.165, 1.54) is 42.6 Å². The molecule has 1 aromatic rings. The Morgan fingerprint density at radius 3 is 2.85 bits per heavy atom. The van der Waals surface area contributed by atoms with Crippen molar-refractivity contribution < 1.29 is 4.74 Å². The zero-order valence-corrected chi connectivity index (χ0v) is 13.4. The normalized spacial score (nSPS) is 23.2. The van der Waals surface area contributed by atoms with Gasteiger partial charge in [-0.25, -0.2) is 0 Å². The molecule has 2 rings (SSSR count). The van der Waals surface area contributed by atoms with E-state index in [2.05, 4.69) is 30.8 Å². The van der Waals surface area contributed by atoms with Crippen molar-refractivity contribution in [3.05, 3.63) is 17.0 Å². The van der Waals surface area contributed by atoms with Gasteiger partial charge in [-0.1, -0.05) is 6.92 Å². The van der Waals surface area contributed by atoms with Gasteiger partial charge in [0.1, 0.15) is 0 Å². The Labute approximate surface area is 122 Å². The first-order valence-electron chi connectivity index (χ1n) is 7.95. The van der Waals surface area contributed by atoms with E-state index in [0.29, 0.717) is 12.1 Å². The Bertz CT molecular complexity index is 428. The number of methoxy groups -OCH3 is 1. The molecule has 4 nitrogen and oxygen atoms in total. The molecule has 20 heavy (non-hydrogen) atoms.